The second-order valence-corrected chi connectivity index (χ2v) is 4.91. The van der Waals surface area contributed by atoms with Crippen LogP contribution < -0.4 is 5.32 Å². The fourth-order valence-electron chi connectivity index (χ4n) is 2.24. The predicted molar refractivity (Wildman–Crippen MR) is 83.1 cm³/mol. The first kappa shape index (κ1) is 14.9. The summed E-state index contributed by atoms with van der Waals surface area (Å²) in [4.78, 5) is 19.2. The molecule has 0 aliphatic heterocycles. The number of hydrogen-bond donors (Lipinski definition) is 3. The summed E-state index contributed by atoms with van der Waals surface area (Å²) in [7, 11) is 0. The Labute approximate surface area is 131 Å². The molecule has 3 rings (SSSR count). The topological polar surface area (TPSA) is 113 Å². The van der Waals surface area contributed by atoms with Crippen molar-refractivity contribution in [2.75, 3.05) is 11.9 Å². The number of aromatic nitrogens is 4. The van der Waals surface area contributed by atoms with Crippen LogP contribution in [0.1, 0.15) is 15.9 Å². The average Bonchev–Trinajstić information content (AvgIpc) is 2.97. The summed E-state index contributed by atoms with van der Waals surface area (Å²) in [6.07, 6.45) is 3.09. The molecule has 8 nitrogen and oxygen atoms in total. The van der Waals surface area contributed by atoms with Crippen molar-refractivity contribution >= 4 is 22.8 Å². The molecule has 0 bridgehead atoms. The Morgan fingerprint density at radius 1 is 1.22 bits per heavy atom. The molecular formula is C15H15N5O3. The van der Waals surface area contributed by atoms with E-state index >= 15 is 0 Å². The number of aliphatic hydroxyl groups excluding tert-OH is 1. The van der Waals surface area contributed by atoms with Crippen molar-refractivity contribution in [2.45, 2.75) is 13.1 Å². The molecule has 0 aliphatic rings. The summed E-state index contributed by atoms with van der Waals surface area (Å²) in [5, 5.41) is 26.0. The molecule has 0 amide bonds. The van der Waals surface area contributed by atoms with Gasteiger partial charge in [0.2, 0.25) is 0 Å². The highest BCUT2D eigenvalue weighted by Crippen LogP contribution is 2.19. The first-order valence-corrected chi connectivity index (χ1v) is 7.02. The molecule has 0 aliphatic carbocycles. The number of anilines is 1. The monoisotopic (exact) mass is 313 g/mol. The maximum Gasteiger partial charge on any atom is 0.335 e. The number of aromatic carboxylic acids is 1. The number of benzene rings is 1. The van der Waals surface area contributed by atoms with Gasteiger partial charge in [0.15, 0.2) is 5.65 Å². The average molecular weight is 313 g/mol. The van der Waals surface area contributed by atoms with E-state index in [0.29, 0.717) is 24.6 Å². The Bertz CT molecular complexity index is 829. The summed E-state index contributed by atoms with van der Waals surface area (Å²) in [6, 6.07) is 6.64. The van der Waals surface area contributed by atoms with Gasteiger partial charge in [0.1, 0.15) is 12.1 Å². The van der Waals surface area contributed by atoms with E-state index in [0.717, 1.165) is 10.9 Å². The third kappa shape index (κ3) is 3.11. The largest absolute Gasteiger partial charge is 0.478 e. The number of aliphatic hydroxyl groups is 1. The first-order valence-electron chi connectivity index (χ1n) is 7.02. The molecule has 0 spiro atoms. The van der Waals surface area contributed by atoms with Gasteiger partial charge in [-0.2, -0.15) is 5.10 Å². The molecular weight excluding hydrogens is 298 g/mol. The number of nitrogens with one attached hydrogen (secondary N) is 1. The highest BCUT2D eigenvalue weighted by molar-refractivity contribution is 5.87. The molecule has 23 heavy (non-hydrogen) atoms. The van der Waals surface area contributed by atoms with Crippen LogP contribution in [0.4, 0.5) is 5.82 Å². The van der Waals surface area contributed by atoms with Gasteiger partial charge >= 0.3 is 5.97 Å². The van der Waals surface area contributed by atoms with E-state index in [-0.39, 0.29) is 12.2 Å². The Morgan fingerprint density at radius 3 is 2.70 bits per heavy atom. The Morgan fingerprint density at radius 2 is 2.00 bits per heavy atom. The van der Waals surface area contributed by atoms with Gasteiger partial charge in [-0.25, -0.2) is 19.4 Å². The van der Waals surface area contributed by atoms with Crippen molar-refractivity contribution in [3.05, 3.63) is 47.9 Å². The highest BCUT2D eigenvalue weighted by Gasteiger charge is 2.09. The second kappa shape index (κ2) is 6.41. The molecule has 0 unspecified atom stereocenters. The number of carboxylic acids is 1. The number of nitrogens with zero attached hydrogens (tertiary/aromatic N) is 4. The molecule has 118 valence electrons. The molecule has 0 saturated carbocycles. The lowest BCUT2D eigenvalue weighted by molar-refractivity contribution is 0.0697. The van der Waals surface area contributed by atoms with Crippen molar-refractivity contribution < 1.29 is 15.0 Å². The lowest BCUT2D eigenvalue weighted by Gasteiger charge is -2.07. The van der Waals surface area contributed by atoms with E-state index in [9.17, 15) is 4.79 Å². The SMILES string of the molecule is O=C(O)c1ccc(CNc2ncnc3c2cnn3CCO)cc1. The van der Waals surface area contributed by atoms with Crippen LogP contribution in [0.25, 0.3) is 11.0 Å². The zero-order valence-electron chi connectivity index (χ0n) is 12.2. The summed E-state index contributed by atoms with van der Waals surface area (Å²) in [5.41, 5.74) is 1.84. The number of fused-ring (bicyclic) bond motifs is 1. The van der Waals surface area contributed by atoms with E-state index in [1.165, 1.54) is 6.33 Å². The lowest BCUT2D eigenvalue weighted by atomic mass is 10.1. The minimum absolute atomic E-state index is 0.0144. The van der Waals surface area contributed by atoms with Crippen molar-refractivity contribution in [1.29, 1.82) is 0 Å². The summed E-state index contributed by atoms with van der Waals surface area (Å²) >= 11 is 0. The van der Waals surface area contributed by atoms with Crippen molar-refractivity contribution in [2.24, 2.45) is 0 Å². The summed E-state index contributed by atoms with van der Waals surface area (Å²) < 4.78 is 1.61. The van der Waals surface area contributed by atoms with Crippen LogP contribution in [0, 0.1) is 0 Å². The fraction of sp³-hybridized carbons (Fsp3) is 0.200. The second-order valence-electron chi connectivity index (χ2n) is 4.91. The van der Waals surface area contributed by atoms with Crippen molar-refractivity contribution in [3.63, 3.8) is 0 Å². The maximum atomic E-state index is 10.8. The molecule has 3 N–H and O–H groups in total. The Kier molecular flexibility index (Phi) is 4.15. The van der Waals surface area contributed by atoms with Crippen LogP contribution in [-0.2, 0) is 13.1 Å². The van der Waals surface area contributed by atoms with Gasteiger partial charge in [-0.3, -0.25) is 0 Å². The van der Waals surface area contributed by atoms with Gasteiger partial charge in [0.25, 0.3) is 0 Å². The minimum atomic E-state index is -0.946. The van der Waals surface area contributed by atoms with Crippen molar-refractivity contribution in [3.8, 4) is 0 Å². The molecule has 8 heteroatoms. The molecule has 3 aromatic rings. The standard InChI is InChI=1S/C15H15N5O3/c21-6-5-20-14-12(8-19-20)13(17-9-18-14)16-7-10-1-3-11(4-2-10)15(22)23/h1-4,8-9,21H,5-7H2,(H,22,23)(H,16,17,18). The van der Waals surface area contributed by atoms with Crippen LogP contribution in [0.15, 0.2) is 36.8 Å². The molecule has 0 atom stereocenters. The maximum absolute atomic E-state index is 10.8. The zero-order valence-corrected chi connectivity index (χ0v) is 12.2. The Balaban J connectivity index is 1.77. The van der Waals surface area contributed by atoms with E-state index in [1.54, 1.807) is 35.1 Å². The van der Waals surface area contributed by atoms with Crippen LogP contribution in [0.2, 0.25) is 0 Å². The van der Waals surface area contributed by atoms with Crippen LogP contribution in [0.3, 0.4) is 0 Å². The summed E-state index contributed by atoms with van der Waals surface area (Å²) in [5.74, 6) is -0.306. The minimum Gasteiger partial charge on any atom is -0.478 e. The third-order valence-electron chi connectivity index (χ3n) is 3.41. The smallest absolute Gasteiger partial charge is 0.335 e. The molecule has 0 fully saturated rings. The van der Waals surface area contributed by atoms with Crippen molar-refractivity contribution in [1.82, 2.24) is 19.7 Å². The van der Waals surface area contributed by atoms with Gasteiger partial charge in [-0.1, -0.05) is 12.1 Å². The molecule has 2 aromatic heterocycles. The number of rotatable bonds is 6. The normalized spacial score (nSPS) is 10.8. The molecule has 2 heterocycles. The van der Waals surface area contributed by atoms with E-state index < -0.39 is 5.97 Å². The molecule has 0 radical (unpaired) electrons. The highest BCUT2D eigenvalue weighted by atomic mass is 16.4. The lowest BCUT2D eigenvalue weighted by Crippen LogP contribution is -2.06. The van der Waals surface area contributed by atoms with Gasteiger partial charge in [-0.15, -0.1) is 0 Å². The first-order chi connectivity index (χ1) is 11.2. The van der Waals surface area contributed by atoms with Gasteiger partial charge < -0.3 is 15.5 Å². The number of hydrogen-bond acceptors (Lipinski definition) is 6. The predicted octanol–water partition coefficient (Wildman–Crippen LogP) is 1.13. The zero-order chi connectivity index (χ0) is 16.2. The third-order valence-corrected chi connectivity index (χ3v) is 3.41. The van der Waals surface area contributed by atoms with Crippen LogP contribution >= 0.6 is 0 Å². The van der Waals surface area contributed by atoms with Gasteiger partial charge in [0.05, 0.1) is 30.3 Å². The summed E-state index contributed by atoms with van der Waals surface area (Å²) in [6.45, 7) is 0.854. The number of carbonyl (C=O) groups is 1. The molecule has 1 aromatic carbocycles. The van der Waals surface area contributed by atoms with Crippen LogP contribution in [0.5, 0.6) is 0 Å². The van der Waals surface area contributed by atoms with Gasteiger partial charge in [0, 0.05) is 6.54 Å². The van der Waals surface area contributed by atoms with E-state index in [1.807, 2.05) is 0 Å². The van der Waals surface area contributed by atoms with E-state index in [4.69, 9.17) is 10.2 Å². The quantitative estimate of drug-likeness (QED) is 0.625. The molecule has 0 saturated heterocycles. The Hall–Kier alpha value is -3.00. The van der Waals surface area contributed by atoms with Gasteiger partial charge in [-0.05, 0) is 17.7 Å². The van der Waals surface area contributed by atoms with E-state index in [2.05, 4.69) is 20.4 Å². The fourth-order valence-corrected chi connectivity index (χ4v) is 2.24. The number of carboxylic acid groups (broad SMARTS) is 1. The van der Waals surface area contributed by atoms with Crippen LogP contribution in [-0.4, -0.2) is 42.5 Å².